The average Bonchev–Trinajstić information content (AvgIpc) is 2.78. The third-order valence-electron chi connectivity index (χ3n) is 4.49. The number of phenols is 1. The molecule has 0 aliphatic carbocycles. The van der Waals surface area contributed by atoms with Gasteiger partial charge in [0, 0.05) is 15.6 Å². The lowest BCUT2D eigenvalue weighted by atomic mass is 10.2. The van der Waals surface area contributed by atoms with E-state index in [4.69, 9.17) is 4.74 Å². The van der Waals surface area contributed by atoms with Crippen molar-refractivity contribution in [2.75, 3.05) is 7.11 Å². The molecule has 0 spiro atoms. The number of benzene rings is 3. The molecule has 0 amide bonds. The molecular weight excluding hydrogens is 514 g/mol. The summed E-state index contributed by atoms with van der Waals surface area (Å²) in [5.74, 6) is 0.673. The van der Waals surface area contributed by atoms with Gasteiger partial charge in [0.25, 0.3) is 5.56 Å². The monoisotopic (exact) mass is 527 g/mol. The Kier molecular flexibility index (Phi) is 5.69. The van der Waals surface area contributed by atoms with Crippen LogP contribution in [0.5, 0.6) is 11.5 Å². The van der Waals surface area contributed by atoms with Gasteiger partial charge in [-0.3, -0.25) is 4.79 Å². The van der Waals surface area contributed by atoms with E-state index >= 15 is 0 Å². The van der Waals surface area contributed by atoms with Gasteiger partial charge in [-0.1, -0.05) is 42.5 Å². The number of hydrogen-bond donors (Lipinski definition) is 1. The number of hydrogen-bond acceptors (Lipinski definition) is 5. The van der Waals surface area contributed by atoms with E-state index in [0.29, 0.717) is 31.2 Å². The van der Waals surface area contributed by atoms with Crippen LogP contribution in [0.15, 0.2) is 79.5 Å². The maximum atomic E-state index is 13.2. The first-order valence-electron chi connectivity index (χ1n) is 8.87. The van der Waals surface area contributed by atoms with E-state index in [9.17, 15) is 9.90 Å². The van der Waals surface area contributed by atoms with Gasteiger partial charge in [0.1, 0.15) is 0 Å². The molecule has 0 saturated heterocycles. The van der Waals surface area contributed by atoms with Crippen molar-refractivity contribution in [1.82, 2.24) is 9.66 Å². The highest BCUT2D eigenvalue weighted by Gasteiger charge is 2.15. The third kappa shape index (κ3) is 3.64. The molecular formula is C22H15Br2N3O3. The zero-order chi connectivity index (χ0) is 21.3. The molecule has 0 unspecified atom stereocenters. The number of halogens is 2. The lowest BCUT2D eigenvalue weighted by Crippen LogP contribution is -2.20. The normalized spacial score (nSPS) is 11.3. The van der Waals surface area contributed by atoms with Gasteiger partial charge in [-0.2, -0.15) is 9.78 Å². The zero-order valence-electron chi connectivity index (χ0n) is 15.7. The quantitative estimate of drug-likeness (QED) is 0.370. The molecule has 1 N–H and O–H groups in total. The molecule has 1 aromatic heterocycles. The van der Waals surface area contributed by atoms with E-state index in [1.54, 1.807) is 24.3 Å². The van der Waals surface area contributed by atoms with Crippen LogP contribution in [0.3, 0.4) is 0 Å². The predicted octanol–water partition coefficient (Wildman–Crippen LogP) is 5.18. The van der Waals surface area contributed by atoms with Gasteiger partial charge in [0.05, 0.1) is 28.7 Å². The zero-order valence-corrected chi connectivity index (χ0v) is 18.9. The van der Waals surface area contributed by atoms with Crippen molar-refractivity contribution in [3.63, 3.8) is 0 Å². The topological polar surface area (TPSA) is 76.7 Å². The van der Waals surface area contributed by atoms with Crippen LogP contribution in [0.2, 0.25) is 0 Å². The van der Waals surface area contributed by atoms with Gasteiger partial charge in [-0.25, -0.2) is 4.98 Å². The number of nitrogens with zero attached hydrogens (tertiary/aromatic N) is 3. The number of phenolic OH excluding ortho intramolecular Hbond substituents is 1. The Morgan fingerprint density at radius 1 is 1.07 bits per heavy atom. The van der Waals surface area contributed by atoms with E-state index in [0.717, 1.165) is 5.56 Å². The summed E-state index contributed by atoms with van der Waals surface area (Å²) >= 11 is 6.76. The molecule has 0 bridgehead atoms. The van der Waals surface area contributed by atoms with Crippen molar-refractivity contribution in [2.24, 2.45) is 5.10 Å². The maximum Gasteiger partial charge on any atom is 0.282 e. The molecule has 0 fully saturated rings. The fourth-order valence-corrected chi connectivity index (χ4v) is 3.82. The predicted molar refractivity (Wildman–Crippen MR) is 124 cm³/mol. The molecule has 0 atom stereocenters. The minimum absolute atomic E-state index is 0.0314. The smallest absolute Gasteiger partial charge is 0.282 e. The van der Waals surface area contributed by atoms with Crippen LogP contribution in [0, 0.1) is 0 Å². The van der Waals surface area contributed by atoms with Crippen molar-refractivity contribution >= 4 is 49.0 Å². The van der Waals surface area contributed by atoms with E-state index < -0.39 is 0 Å². The highest BCUT2D eigenvalue weighted by Crippen LogP contribution is 2.41. The second-order valence-electron chi connectivity index (χ2n) is 6.32. The number of aromatic hydroxyl groups is 1. The largest absolute Gasteiger partial charge is 0.503 e. The van der Waals surface area contributed by atoms with Crippen LogP contribution in [-0.2, 0) is 0 Å². The number of para-hydroxylation sites is 1. The molecule has 4 aromatic rings. The molecule has 0 aliphatic rings. The Bertz CT molecular complexity index is 1340. The fraction of sp³-hybridized carbons (Fsp3) is 0.0455. The van der Waals surface area contributed by atoms with Crippen LogP contribution in [0.1, 0.15) is 5.56 Å². The Balaban J connectivity index is 1.94. The van der Waals surface area contributed by atoms with Crippen LogP contribution < -0.4 is 10.3 Å². The second-order valence-corrected chi connectivity index (χ2v) is 7.91. The van der Waals surface area contributed by atoms with Gasteiger partial charge in [-0.05, 0) is 50.1 Å². The van der Waals surface area contributed by atoms with E-state index in [1.807, 2.05) is 36.4 Å². The average molecular weight is 529 g/mol. The number of methoxy groups -OCH3 is 1. The number of ether oxygens (including phenoxy) is 1. The van der Waals surface area contributed by atoms with Crippen LogP contribution in [0.4, 0.5) is 0 Å². The van der Waals surface area contributed by atoms with Crippen molar-refractivity contribution in [3.8, 4) is 22.9 Å². The summed E-state index contributed by atoms with van der Waals surface area (Å²) in [6.45, 7) is 0. The summed E-state index contributed by atoms with van der Waals surface area (Å²) in [4.78, 5) is 17.9. The van der Waals surface area contributed by atoms with E-state index in [1.165, 1.54) is 18.0 Å². The van der Waals surface area contributed by atoms with Gasteiger partial charge in [0.15, 0.2) is 17.3 Å². The fourth-order valence-electron chi connectivity index (χ4n) is 2.99. The van der Waals surface area contributed by atoms with Crippen molar-refractivity contribution in [3.05, 3.63) is 85.5 Å². The van der Waals surface area contributed by atoms with Crippen molar-refractivity contribution < 1.29 is 9.84 Å². The Morgan fingerprint density at radius 3 is 2.50 bits per heavy atom. The number of aromatic nitrogens is 2. The third-order valence-corrected chi connectivity index (χ3v) is 6.65. The molecule has 30 heavy (non-hydrogen) atoms. The number of fused-ring (bicyclic) bond motifs is 1. The lowest BCUT2D eigenvalue weighted by Gasteiger charge is -2.11. The summed E-state index contributed by atoms with van der Waals surface area (Å²) < 4.78 is 7.48. The summed E-state index contributed by atoms with van der Waals surface area (Å²) in [5.41, 5.74) is 1.69. The van der Waals surface area contributed by atoms with Gasteiger partial charge in [0.2, 0.25) is 0 Å². The summed E-state index contributed by atoms with van der Waals surface area (Å²) in [5, 5.41) is 15.0. The molecule has 3 aromatic carbocycles. The Morgan fingerprint density at radius 2 is 1.77 bits per heavy atom. The van der Waals surface area contributed by atoms with Gasteiger partial charge < -0.3 is 9.84 Å². The van der Waals surface area contributed by atoms with Crippen LogP contribution >= 0.6 is 31.9 Å². The van der Waals surface area contributed by atoms with Crippen molar-refractivity contribution in [1.29, 1.82) is 0 Å². The molecule has 4 rings (SSSR count). The van der Waals surface area contributed by atoms with Gasteiger partial charge in [-0.15, -0.1) is 0 Å². The SMILES string of the molecule is COc1cc(C=Nn2c(-c3ccccc3)nc3ccccc3c2=O)c(Br)c(Br)c1O. The van der Waals surface area contributed by atoms with Crippen molar-refractivity contribution in [2.45, 2.75) is 0 Å². The van der Waals surface area contributed by atoms with E-state index in [-0.39, 0.29) is 17.1 Å². The molecule has 0 aliphatic heterocycles. The maximum absolute atomic E-state index is 13.2. The first-order valence-corrected chi connectivity index (χ1v) is 10.5. The second kappa shape index (κ2) is 8.41. The molecule has 0 radical (unpaired) electrons. The molecule has 8 heteroatoms. The lowest BCUT2D eigenvalue weighted by molar-refractivity contribution is 0.371. The van der Waals surface area contributed by atoms with E-state index in [2.05, 4.69) is 41.9 Å². The first-order chi connectivity index (χ1) is 14.5. The molecule has 1 heterocycles. The highest BCUT2D eigenvalue weighted by molar-refractivity contribution is 9.13. The minimum Gasteiger partial charge on any atom is -0.503 e. The summed E-state index contributed by atoms with van der Waals surface area (Å²) in [6, 6.07) is 18.2. The highest BCUT2D eigenvalue weighted by atomic mass is 79.9. The Hall–Kier alpha value is -2.97. The minimum atomic E-state index is -0.281. The summed E-state index contributed by atoms with van der Waals surface area (Å²) in [6.07, 6.45) is 1.51. The van der Waals surface area contributed by atoms with Crippen LogP contribution in [0.25, 0.3) is 22.3 Å². The Labute approximate surface area is 188 Å². The molecule has 6 nitrogen and oxygen atoms in total. The molecule has 0 saturated carbocycles. The summed E-state index contributed by atoms with van der Waals surface area (Å²) in [7, 11) is 1.46. The first kappa shape index (κ1) is 20.3. The molecule has 150 valence electrons. The standard InChI is InChI=1S/C22H15Br2N3O3/c1-30-17-11-14(18(23)19(24)20(17)28)12-25-27-21(13-7-3-2-4-8-13)26-16-10-6-5-9-15(16)22(27)29/h2-12,28H,1H3. The van der Waals surface area contributed by atoms with Gasteiger partial charge >= 0.3 is 0 Å². The number of rotatable bonds is 4. The van der Waals surface area contributed by atoms with Crippen LogP contribution in [-0.4, -0.2) is 28.1 Å².